The normalized spacial score (nSPS) is 22.2. The van der Waals surface area contributed by atoms with E-state index in [0.717, 1.165) is 12.3 Å². The maximum atomic E-state index is 12.2. The third kappa shape index (κ3) is 4.02. The van der Waals surface area contributed by atoms with Gasteiger partial charge in [0.2, 0.25) is 10.0 Å². The first-order valence-corrected chi connectivity index (χ1v) is 11.2. The van der Waals surface area contributed by atoms with Crippen LogP contribution in [0, 0.1) is 0 Å². The van der Waals surface area contributed by atoms with E-state index in [0.29, 0.717) is 0 Å². The number of benzene rings is 1. The zero-order chi connectivity index (χ0) is 15.9. The summed E-state index contributed by atoms with van der Waals surface area (Å²) < 4.78 is 72.2. The molecule has 0 spiro atoms. The van der Waals surface area contributed by atoms with Gasteiger partial charge in [0.05, 0.1) is 21.3 Å². The fourth-order valence-electron chi connectivity index (χ4n) is 2.05. The number of nitrogens with one attached hydrogen (secondary N) is 1. The summed E-state index contributed by atoms with van der Waals surface area (Å²) in [6.07, 6.45) is 1.20. The second-order valence-corrected chi connectivity index (χ2v) is 10.9. The SMILES string of the molecule is CS(=O)(=O)c1cccc(S(=O)(=O)N[C@H]2CCS(=O)(=O)C2)c1. The lowest BCUT2D eigenvalue weighted by atomic mass is 10.3. The molecule has 0 aliphatic carbocycles. The van der Waals surface area contributed by atoms with Crippen LogP contribution in [-0.4, -0.2) is 49.1 Å². The Labute approximate surface area is 124 Å². The molecule has 0 aromatic heterocycles. The summed E-state index contributed by atoms with van der Waals surface area (Å²) in [6, 6.07) is 4.27. The molecule has 1 aliphatic rings. The van der Waals surface area contributed by atoms with Crippen LogP contribution in [0.5, 0.6) is 0 Å². The van der Waals surface area contributed by atoms with Crippen LogP contribution in [0.25, 0.3) is 0 Å². The average molecular weight is 353 g/mol. The van der Waals surface area contributed by atoms with Crippen molar-refractivity contribution < 1.29 is 25.3 Å². The molecule has 1 heterocycles. The van der Waals surface area contributed by atoms with Crippen molar-refractivity contribution in [3.63, 3.8) is 0 Å². The molecule has 1 aliphatic heterocycles. The van der Waals surface area contributed by atoms with Crippen LogP contribution < -0.4 is 4.72 Å². The maximum absolute atomic E-state index is 12.2. The predicted molar refractivity (Wildman–Crippen MR) is 76.9 cm³/mol. The van der Waals surface area contributed by atoms with Crippen molar-refractivity contribution in [2.24, 2.45) is 0 Å². The topological polar surface area (TPSA) is 114 Å². The molecule has 21 heavy (non-hydrogen) atoms. The van der Waals surface area contributed by atoms with Gasteiger partial charge in [-0.05, 0) is 24.6 Å². The van der Waals surface area contributed by atoms with Gasteiger partial charge in [-0.1, -0.05) is 6.07 Å². The largest absolute Gasteiger partial charge is 0.240 e. The van der Waals surface area contributed by atoms with Crippen molar-refractivity contribution in [2.75, 3.05) is 17.8 Å². The Morgan fingerprint density at radius 1 is 1.14 bits per heavy atom. The first-order chi connectivity index (χ1) is 9.50. The Morgan fingerprint density at radius 3 is 2.29 bits per heavy atom. The monoisotopic (exact) mass is 353 g/mol. The van der Waals surface area contributed by atoms with Gasteiger partial charge < -0.3 is 0 Å². The second-order valence-electron chi connectivity index (χ2n) is 4.97. The van der Waals surface area contributed by atoms with Crippen LogP contribution in [0.1, 0.15) is 6.42 Å². The molecule has 1 aromatic carbocycles. The van der Waals surface area contributed by atoms with Crippen molar-refractivity contribution in [1.29, 1.82) is 0 Å². The Kier molecular flexibility index (Phi) is 4.17. The molecule has 7 nitrogen and oxygen atoms in total. The van der Waals surface area contributed by atoms with Crippen molar-refractivity contribution >= 4 is 29.7 Å². The molecule has 1 saturated heterocycles. The fraction of sp³-hybridized carbons (Fsp3) is 0.455. The first-order valence-electron chi connectivity index (χ1n) is 6.02. The minimum absolute atomic E-state index is 0.0520. The summed E-state index contributed by atoms with van der Waals surface area (Å²) in [5.74, 6) is -0.290. The highest BCUT2D eigenvalue weighted by atomic mass is 32.2. The lowest BCUT2D eigenvalue weighted by Gasteiger charge is -2.12. The second kappa shape index (κ2) is 5.34. The van der Waals surface area contributed by atoms with E-state index in [1.54, 1.807) is 0 Å². The van der Waals surface area contributed by atoms with Gasteiger partial charge >= 0.3 is 0 Å². The van der Waals surface area contributed by atoms with Crippen molar-refractivity contribution in [3.8, 4) is 0 Å². The van der Waals surface area contributed by atoms with Crippen LogP contribution in [0.3, 0.4) is 0 Å². The van der Waals surface area contributed by atoms with E-state index in [4.69, 9.17) is 0 Å². The van der Waals surface area contributed by atoms with Gasteiger partial charge in [0.1, 0.15) is 0 Å². The summed E-state index contributed by atoms with van der Waals surface area (Å²) in [7, 11) is -10.7. The van der Waals surface area contributed by atoms with Gasteiger partial charge in [-0.3, -0.25) is 0 Å². The van der Waals surface area contributed by atoms with Crippen LogP contribution in [0.2, 0.25) is 0 Å². The Bertz CT molecular complexity index is 855. The molecular weight excluding hydrogens is 338 g/mol. The molecular formula is C11H15NO6S3. The standard InChI is InChI=1S/C11H15NO6S3/c1-19(13,14)10-3-2-4-11(7-10)21(17,18)12-9-5-6-20(15,16)8-9/h2-4,7,9,12H,5-6,8H2,1H3/t9-/m0/s1. The molecule has 1 aromatic rings. The summed E-state index contributed by atoms with van der Waals surface area (Å²) in [4.78, 5) is -0.306. The Morgan fingerprint density at radius 2 is 1.76 bits per heavy atom. The van der Waals surface area contributed by atoms with Crippen molar-refractivity contribution in [3.05, 3.63) is 24.3 Å². The van der Waals surface area contributed by atoms with Crippen molar-refractivity contribution in [2.45, 2.75) is 22.3 Å². The van der Waals surface area contributed by atoms with E-state index in [-0.39, 0.29) is 27.7 Å². The van der Waals surface area contributed by atoms with Gasteiger partial charge in [0.25, 0.3) is 0 Å². The lowest BCUT2D eigenvalue weighted by Crippen LogP contribution is -2.35. The number of hydrogen-bond acceptors (Lipinski definition) is 6. The molecule has 0 saturated carbocycles. The quantitative estimate of drug-likeness (QED) is 0.784. The van der Waals surface area contributed by atoms with Gasteiger partial charge in [-0.2, -0.15) is 0 Å². The number of sulfonamides is 1. The van der Waals surface area contributed by atoms with Crippen LogP contribution in [-0.2, 0) is 29.7 Å². The molecule has 118 valence electrons. The average Bonchev–Trinajstić information content (AvgIpc) is 2.67. The minimum Gasteiger partial charge on any atom is -0.229 e. The van der Waals surface area contributed by atoms with Crippen LogP contribution >= 0.6 is 0 Å². The Balaban J connectivity index is 2.29. The molecule has 0 unspecified atom stereocenters. The highest BCUT2D eigenvalue weighted by molar-refractivity contribution is 7.92. The van der Waals surface area contributed by atoms with E-state index in [2.05, 4.69) is 4.72 Å². The van der Waals surface area contributed by atoms with Gasteiger partial charge in [-0.15, -0.1) is 0 Å². The van der Waals surface area contributed by atoms with Crippen LogP contribution in [0.4, 0.5) is 0 Å². The molecule has 2 rings (SSSR count). The van der Waals surface area contributed by atoms with E-state index in [1.807, 2.05) is 0 Å². The number of sulfone groups is 2. The number of rotatable bonds is 4. The molecule has 0 amide bonds. The Hall–Kier alpha value is -0.970. The van der Waals surface area contributed by atoms with Crippen LogP contribution in [0.15, 0.2) is 34.1 Å². The molecule has 0 bridgehead atoms. The third-order valence-electron chi connectivity index (χ3n) is 3.10. The van der Waals surface area contributed by atoms with Gasteiger partial charge in [0.15, 0.2) is 19.7 Å². The van der Waals surface area contributed by atoms with Gasteiger partial charge in [-0.25, -0.2) is 30.0 Å². The molecule has 0 radical (unpaired) electrons. The van der Waals surface area contributed by atoms with Gasteiger partial charge in [0, 0.05) is 12.3 Å². The minimum atomic E-state index is -3.96. The number of hydrogen-bond donors (Lipinski definition) is 1. The third-order valence-corrected chi connectivity index (χ3v) is 7.49. The molecule has 1 atom stereocenters. The summed E-state index contributed by atoms with van der Waals surface area (Å²) in [5, 5.41) is 0. The zero-order valence-corrected chi connectivity index (χ0v) is 13.6. The smallest absolute Gasteiger partial charge is 0.229 e. The highest BCUT2D eigenvalue weighted by Crippen LogP contribution is 2.18. The maximum Gasteiger partial charge on any atom is 0.240 e. The molecule has 1 fully saturated rings. The zero-order valence-electron chi connectivity index (χ0n) is 11.2. The fourth-order valence-corrected chi connectivity index (χ4v) is 5.88. The van der Waals surface area contributed by atoms with Crippen molar-refractivity contribution in [1.82, 2.24) is 4.72 Å². The van der Waals surface area contributed by atoms with E-state index >= 15 is 0 Å². The lowest BCUT2D eigenvalue weighted by molar-refractivity contribution is 0.562. The van der Waals surface area contributed by atoms with E-state index in [9.17, 15) is 25.3 Å². The molecule has 10 heteroatoms. The summed E-state index contributed by atoms with van der Waals surface area (Å²) >= 11 is 0. The van der Waals surface area contributed by atoms with E-state index in [1.165, 1.54) is 18.2 Å². The summed E-state index contributed by atoms with van der Waals surface area (Å²) in [6.45, 7) is 0. The summed E-state index contributed by atoms with van der Waals surface area (Å²) in [5.41, 5.74) is 0. The highest BCUT2D eigenvalue weighted by Gasteiger charge is 2.31. The molecule has 1 N–H and O–H groups in total. The first kappa shape index (κ1) is 16.4. The predicted octanol–water partition coefficient (Wildman–Crippen LogP) is -0.444. The van der Waals surface area contributed by atoms with E-state index < -0.39 is 35.7 Å².